The van der Waals surface area contributed by atoms with E-state index in [2.05, 4.69) is 65.6 Å². The first-order valence-electron chi connectivity index (χ1n) is 10.5. The highest BCUT2D eigenvalue weighted by molar-refractivity contribution is 8.00. The highest BCUT2D eigenvalue weighted by atomic mass is 32.2. The van der Waals surface area contributed by atoms with Crippen LogP contribution in [0, 0.1) is 5.92 Å². The van der Waals surface area contributed by atoms with E-state index < -0.39 is 0 Å². The number of carbonyl (C=O) groups excluding carboxylic acids is 1. The molecule has 2 aromatic rings. The maximum atomic E-state index is 12.4. The molecule has 2 heterocycles. The van der Waals surface area contributed by atoms with Crippen molar-refractivity contribution >= 4 is 17.9 Å². The Bertz CT molecular complexity index is 810. The lowest BCUT2D eigenvalue weighted by atomic mass is 9.89. The monoisotopic (exact) mass is 393 g/mol. The van der Waals surface area contributed by atoms with Crippen LogP contribution in [0.4, 0.5) is 4.79 Å². The summed E-state index contributed by atoms with van der Waals surface area (Å²) in [6, 6.07) is 16.9. The van der Waals surface area contributed by atoms with Gasteiger partial charge in [-0.2, -0.15) is 11.8 Å². The van der Waals surface area contributed by atoms with Crippen LogP contribution in [0.2, 0.25) is 0 Å². The van der Waals surface area contributed by atoms with Crippen LogP contribution >= 0.6 is 11.8 Å². The Morgan fingerprint density at radius 2 is 1.57 bits per heavy atom. The largest absolute Gasteiger partial charge is 0.449 e. The fraction of sp³-hybridized carbons (Fsp3) is 0.458. The standard InChI is InChI=1S/C24H27NO2S/c26-24(25-14-16-12-17-6-5-7-18(13-16)28-17)27-15-23-21-10-3-1-8-19(21)20-9-2-4-11-22(20)23/h1-4,8-11,16-18,23H,5-7,12-15H2,(H,25,26). The van der Waals surface area contributed by atoms with E-state index in [1.807, 2.05) is 0 Å². The summed E-state index contributed by atoms with van der Waals surface area (Å²) in [5, 5.41) is 4.66. The van der Waals surface area contributed by atoms with Gasteiger partial charge in [-0.05, 0) is 53.9 Å². The molecule has 4 heteroatoms. The minimum Gasteiger partial charge on any atom is -0.449 e. The van der Waals surface area contributed by atoms with Gasteiger partial charge in [-0.25, -0.2) is 4.79 Å². The molecular formula is C24H27NO2S. The molecule has 3 aliphatic rings. The van der Waals surface area contributed by atoms with Crippen molar-refractivity contribution in [2.24, 2.45) is 5.92 Å². The lowest BCUT2D eigenvalue weighted by molar-refractivity contribution is 0.140. The van der Waals surface area contributed by atoms with E-state index in [-0.39, 0.29) is 12.0 Å². The maximum absolute atomic E-state index is 12.4. The number of hydrogen-bond acceptors (Lipinski definition) is 3. The first kappa shape index (κ1) is 18.1. The van der Waals surface area contributed by atoms with Crippen molar-refractivity contribution in [2.45, 2.75) is 48.5 Å². The van der Waals surface area contributed by atoms with Gasteiger partial charge < -0.3 is 10.1 Å². The molecule has 2 aromatic carbocycles. The van der Waals surface area contributed by atoms with Crippen molar-refractivity contribution in [1.29, 1.82) is 0 Å². The van der Waals surface area contributed by atoms with Crippen molar-refractivity contribution in [3.8, 4) is 11.1 Å². The van der Waals surface area contributed by atoms with Gasteiger partial charge in [0.25, 0.3) is 0 Å². The topological polar surface area (TPSA) is 38.3 Å². The average Bonchev–Trinajstić information content (AvgIpc) is 3.04. The van der Waals surface area contributed by atoms with Crippen molar-refractivity contribution in [2.75, 3.05) is 13.2 Å². The van der Waals surface area contributed by atoms with E-state index in [1.54, 1.807) is 0 Å². The lowest BCUT2D eigenvalue weighted by Crippen LogP contribution is -2.37. The van der Waals surface area contributed by atoms with Gasteiger partial charge in [-0.1, -0.05) is 55.0 Å². The number of carbonyl (C=O) groups is 1. The molecule has 2 atom stereocenters. The summed E-state index contributed by atoms with van der Waals surface area (Å²) in [4.78, 5) is 12.4. The quantitative estimate of drug-likeness (QED) is 0.736. The van der Waals surface area contributed by atoms with Gasteiger partial charge in [0.15, 0.2) is 0 Å². The maximum Gasteiger partial charge on any atom is 0.407 e. The summed E-state index contributed by atoms with van der Waals surface area (Å²) >= 11 is 2.18. The van der Waals surface area contributed by atoms with Gasteiger partial charge in [0.2, 0.25) is 0 Å². The predicted octanol–water partition coefficient (Wildman–Crippen LogP) is 5.59. The number of ether oxygens (including phenoxy) is 1. The van der Waals surface area contributed by atoms with Gasteiger partial charge in [-0.3, -0.25) is 0 Å². The second-order valence-electron chi connectivity index (χ2n) is 8.35. The third-order valence-corrected chi connectivity index (χ3v) is 8.13. The Morgan fingerprint density at radius 1 is 0.964 bits per heavy atom. The molecule has 0 saturated carbocycles. The fourth-order valence-electron chi connectivity index (χ4n) is 5.21. The molecule has 5 rings (SSSR count). The van der Waals surface area contributed by atoms with E-state index in [1.165, 1.54) is 54.4 Å². The molecule has 2 bridgehead atoms. The average molecular weight is 394 g/mol. The molecule has 1 N–H and O–H groups in total. The minimum absolute atomic E-state index is 0.128. The second kappa shape index (κ2) is 7.82. The summed E-state index contributed by atoms with van der Waals surface area (Å²) < 4.78 is 5.67. The van der Waals surface area contributed by atoms with Crippen LogP contribution in [0.3, 0.4) is 0 Å². The highest BCUT2D eigenvalue weighted by Crippen LogP contribution is 2.45. The number of nitrogens with one attached hydrogen (secondary N) is 1. The van der Waals surface area contributed by atoms with Gasteiger partial charge in [0.1, 0.15) is 6.61 Å². The Labute approximate surface area is 171 Å². The van der Waals surface area contributed by atoms with Crippen molar-refractivity contribution in [3.63, 3.8) is 0 Å². The van der Waals surface area contributed by atoms with E-state index >= 15 is 0 Å². The van der Waals surface area contributed by atoms with Crippen molar-refractivity contribution in [3.05, 3.63) is 59.7 Å². The van der Waals surface area contributed by atoms with E-state index in [9.17, 15) is 4.79 Å². The smallest absolute Gasteiger partial charge is 0.407 e. The Hall–Kier alpha value is -1.94. The van der Waals surface area contributed by atoms with Crippen molar-refractivity contribution in [1.82, 2.24) is 5.32 Å². The Balaban J connectivity index is 1.18. The number of thioether (sulfide) groups is 1. The molecule has 0 aromatic heterocycles. The third-order valence-electron chi connectivity index (χ3n) is 6.51. The van der Waals surface area contributed by atoms with Crippen LogP contribution < -0.4 is 5.32 Å². The molecule has 28 heavy (non-hydrogen) atoms. The second-order valence-corrected chi connectivity index (χ2v) is 9.96. The first-order chi connectivity index (χ1) is 13.8. The van der Waals surface area contributed by atoms with Gasteiger partial charge in [-0.15, -0.1) is 0 Å². The number of fused-ring (bicyclic) bond motifs is 5. The third kappa shape index (κ3) is 3.55. The fourth-order valence-corrected chi connectivity index (χ4v) is 7.13. The predicted molar refractivity (Wildman–Crippen MR) is 115 cm³/mol. The zero-order valence-electron chi connectivity index (χ0n) is 16.1. The van der Waals surface area contributed by atoms with Crippen LogP contribution in [0.15, 0.2) is 48.5 Å². The molecule has 3 nitrogen and oxygen atoms in total. The molecule has 2 aliphatic heterocycles. The number of hydrogen-bond donors (Lipinski definition) is 1. The molecule has 2 fully saturated rings. The first-order valence-corrected chi connectivity index (χ1v) is 11.5. The Morgan fingerprint density at radius 3 is 2.21 bits per heavy atom. The number of alkyl carbamates (subject to hydrolysis) is 1. The van der Waals surface area contributed by atoms with Gasteiger partial charge >= 0.3 is 6.09 Å². The molecule has 1 amide bonds. The van der Waals surface area contributed by atoms with Crippen LogP contribution in [0.1, 0.15) is 49.1 Å². The normalized spacial score (nSPS) is 25.6. The number of rotatable bonds is 4. The van der Waals surface area contributed by atoms with Crippen LogP contribution in [-0.2, 0) is 4.74 Å². The van der Waals surface area contributed by atoms with Crippen LogP contribution in [-0.4, -0.2) is 29.7 Å². The van der Waals surface area contributed by atoms with Crippen LogP contribution in [0.25, 0.3) is 11.1 Å². The van der Waals surface area contributed by atoms with E-state index in [0.717, 1.165) is 17.0 Å². The molecular weight excluding hydrogens is 366 g/mol. The lowest BCUT2D eigenvalue weighted by Gasteiger charge is -2.38. The zero-order chi connectivity index (χ0) is 18.9. The van der Waals surface area contributed by atoms with E-state index in [0.29, 0.717) is 12.5 Å². The van der Waals surface area contributed by atoms with Gasteiger partial charge in [0.05, 0.1) is 0 Å². The minimum atomic E-state index is -0.273. The molecule has 0 radical (unpaired) electrons. The highest BCUT2D eigenvalue weighted by Gasteiger charge is 2.33. The molecule has 1 aliphatic carbocycles. The molecule has 146 valence electrons. The van der Waals surface area contributed by atoms with E-state index in [4.69, 9.17) is 4.74 Å². The molecule has 0 spiro atoms. The summed E-state index contributed by atoms with van der Waals surface area (Å²) in [6.07, 6.45) is 6.29. The number of amides is 1. The summed E-state index contributed by atoms with van der Waals surface area (Å²) in [6.45, 7) is 1.15. The van der Waals surface area contributed by atoms with Gasteiger partial charge in [0, 0.05) is 23.0 Å². The summed E-state index contributed by atoms with van der Waals surface area (Å²) in [7, 11) is 0. The zero-order valence-corrected chi connectivity index (χ0v) is 16.9. The SMILES string of the molecule is O=C(NCC1CC2CCCC(C1)S2)OCC1c2ccccc2-c2ccccc21. The van der Waals surface area contributed by atoms with Crippen LogP contribution in [0.5, 0.6) is 0 Å². The summed E-state index contributed by atoms with van der Waals surface area (Å²) in [5.41, 5.74) is 5.04. The number of benzene rings is 2. The summed E-state index contributed by atoms with van der Waals surface area (Å²) in [5.74, 6) is 0.737. The molecule has 2 unspecified atom stereocenters. The molecule has 2 saturated heterocycles. The van der Waals surface area contributed by atoms with Crippen molar-refractivity contribution < 1.29 is 9.53 Å². The Kier molecular flexibility index (Phi) is 5.06.